The van der Waals surface area contributed by atoms with Crippen LogP contribution in [0, 0.1) is 5.92 Å². The van der Waals surface area contributed by atoms with Gasteiger partial charge in [0, 0.05) is 26.2 Å². The quantitative estimate of drug-likeness (QED) is 0.790. The molecule has 1 atom stereocenters. The maximum absolute atomic E-state index is 11.4. The smallest absolute Gasteiger partial charge is 0.230 e. The Morgan fingerprint density at radius 1 is 1.24 bits per heavy atom. The summed E-state index contributed by atoms with van der Waals surface area (Å²) in [6.45, 7) is 0. The molecule has 4 heteroatoms. The Hall–Kier alpha value is -1.84. The van der Waals surface area contributed by atoms with Gasteiger partial charge in [-0.05, 0) is 24.1 Å². The summed E-state index contributed by atoms with van der Waals surface area (Å²) < 4.78 is 0. The van der Waals surface area contributed by atoms with E-state index in [1.54, 1.807) is 0 Å². The summed E-state index contributed by atoms with van der Waals surface area (Å²) in [6.07, 6.45) is 0.944. The minimum Gasteiger partial charge on any atom is -0.378 e. The minimum atomic E-state index is -0.201. The van der Waals surface area contributed by atoms with Crippen LogP contribution in [0.25, 0.3) is 0 Å². The summed E-state index contributed by atoms with van der Waals surface area (Å²) in [5, 5.41) is 2.33. The van der Waals surface area contributed by atoms with Crippen LogP contribution >= 0.6 is 0 Å². The van der Waals surface area contributed by atoms with E-state index in [4.69, 9.17) is 0 Å². The van der Waals surface area contributed by atoms with E-state index in [0.717, 1.165) is 11.3 Å². The number of anilines is 1. The molecule has 0 aliphatic carbocycles. The van der Waals surface area contributed by atoms with Crippen LogP contribution in [-0.2, 0) is 16.0 Å². The van der Waals surface area contributed by atoms with E-state index in [0.29, 0.717) is 12.8 Å². The highest BCUT2D eigenvalue weighted by atomic mass is 16.2. The lowest BCUT2D eigenvalue weighted by Gasteiger charge is -2.13. The van der Waals surface area contributed by atoms with Crippen LogP contribution in [0.3, 0.4) is 0 Å². The van der Waals surface area contributed by atoms with Crippen molar-refractivity contribution in [2.75, 3.05) is 19.0 Å². The van der Waals surface area contributed by atoms with E-state index in [1.165, 1.54) is 0 Å². The molecule has 0 spiro atoms. The van der Waals surface area contributed by atoms with Gasteiger partial charge >= 0.3 is 0 Å². The van der Waals surface area contributed by atoms with Gasteiger partial charge in [-0.1, -0.05) is 12.1 Å². The van der Waals surface area contributed by atoms with Gasteiger partial charge in [0.05, 0.1) is 5.92 Å². The lowest BCUT2D eigenvalue weighted by atomic mass is 9.98. The predicted molar refractivity (Wildman–Crippen MR) is 65.7 cm³/mol. The Balaban J connectivity index is 2.04. The Labute approximate surface area is 101 Å². The number of carbonyl (C=O) groups excluding carboxylic acids is 2. The molecule has 1 aliphatic rings. The lowest BCUT2D eigenvalue weighted by Crippen LogP contribution is -2.22. The first-order valence-corrected chi connectivity index (χ1v) is 5.66. The van der Waals surface area contributed by atoms with Crippen molar-refractivity contribution in [3.05, 3.63) is 29.8 Å². The molecule has 2 amide bonds. The van der Waals surface area contributed by atoms with Gasteiger partial charge in [0.15, 0.2) is 0 Å². The summed E-state index contributed by atoms with van der Waals surface area (Å²) in [5.41, 5.74) is 2.21. The van der Waals surface area contributed by atoms with E-state index in [1.807, 2.05) is 43.3 Å². The second-order valence-electron chi connectivity index (χ2n) is 4.58. The summed E-state index contributed by atoms with van der Waals surface area (Å²) in [6, 6.07) is 8.05. The van der Waals surface area contributed by atoms with E-state index in [-0.39, 0.29) is 17.7 Å². The normalized spacial score (nSPS) is 19.3. The predicted octanol–water partition coefficient (Wildman–Crippen LogP) is 0.958. The first kappa shape index (κ1) is 11.6. The van der Waals surface area contributed by atoms with Crippen LogP contribution in [0.5, 0.6) is 0 Å². The Kier molecular flexibility index (Phi) is 3.13. The Morgan fingerprint density at radius 3 is 2.35 bits per heavy atom. The number of rotatable bonds is 3. The van der Waals surface area contributed by atoms with Gasteiger partial charge in [0.25, 0.3) is 0 Å². The van der Waals surface area contributed by atoms with Gasteiger partial charge in [-0.15, -0.1) is 0 Å². The van der Waals surface area contributed by atoms with Gasteiger partial charge in [0.1, 0.15) is 0 Å². The molecule has 0 saturated carbocycles. The SMILES string of the molecule is CN(C)c1ccc(CC2CC(=O)NC2=O)cc1. The Bertz CT molecular complexity index is 437. The summed E-state index contributed by atoms with van der Waals surface area (Å²) in [4.78, 5) is 24.5. The van der Waals surface area contributed by atoms with Gasteiger partial charge in [-0.25, -0.2) is 0 Å². The van der Waals surface area contributed by atoms with Crippen LogP contribution in [0.15, 0.2) is 24.3 Å². The van der Waals surface area contributed by atoms with E-state index in [2.05, 4.69) is 5.32 Å². The van der Waals surface area contributed by atoms with Crippen molar-refractivity contribution >= 4 is 17.5 Å². The molecule has 90 valence electrons. The first-order valence-electron chi connectivity index (χ1n) is 5.66. The van der Waals surface area contributed by atoms with Crippen molar-refractivity contribution in [1.82, 2.24) is 5.32 Å². The molecular formula is C13H16N2O2. The third kappa shape index (κ3) is 2.64. The first-order chi connectivity index (χ1) is 8.06. The van der Waals surface area contributed by atoms with E-state index in [9.17, 15) is 9.59 Å². The zero-order chi connectivity index (χ0) is 12.4. The maximum Gasteiger partial charge on any atom is 0.230 e. The van der Waals surface area contributed by atoms with Crippen molar-refractivity contribution in [3.63, 3.8) is 0 Å². The molecule has 1 aromatic carbocycles. The standard InChI is InChI=1S/C13H16N2O2/c1-15(2)11-5-3-9(4-6-11)7-10-8-12(16)14-13(10)17/h3-6,10H,7-8H2,1-2H3,(H,14,16,17). The number of nitrogens with one attached hydrogen (secondary N) is 1. The molecular weight excluding hydrogens is 216 g/mol. The molecule has 2 rings (SSSR count). The average Bonchev–Trinajstić information content (AvgIpc) is 2.58. The molecule has 17 heavy (non-hydrogen) atoms. The third-order valence-corrected chi connectivity index (χ3v) is 3.00. The van der Waals surface area contributed by atoms with Crippen molar-refractivity contribution in [1.29, 1.82) is 0 Å². The number of amides is 2. The molecule has 1 aromatic rings. The Morgan fingerprint density at radius 2 is 1.88 bits per heavy atom. The summed E-state index contributed by atoms with van der Waals surface area (Å²) >= 11 is 0. The van der Waals surface area contributed by atoms with Crippen molar-refractivity contribution in [2.45, 2.75) is 12.8 Å². The fourth-order valence-electron chi connectivity index (χ4n) is 1.99. The largest absolute Gasteiger partial charge is 0.378 e. The van der Waals surface area contributed by atoms with Gasteiger partial charge in [0.2, 0.25) is 11.8 Å². The number of carbonyl (C=O) groups is 2. The second-order valence-corrected chi connectivity index (χ2v) is 4.58. The van der Waals surface area contributed by atoms with E-state index < -0.39 is 0 Å². The van der Waals surface area contributed by atoms with Crippen LogP contribution in [0.2, 0.25) is 0 Å². The number of benzene rings is 1. The number of hydrogen-bond acceptors (Lipinski definition) is 3. The van der Waals surface area contributed by atoms with Crippen molar-refractivity contribution < 1.29 is 9.59 Å². The molecule has 0 radical (unpaired) electrons. The second kappa shape index (κ2) is 4.57. The molecule has 1 heterocycles. The average molecular weight is 232 g/mol. The topological polar surface area (TPSA) is 49.4 Å². The van der Waals surface area contributed by atoms with Crippen LogP contribution in [-0.4, -0.2) is 25.9 Å². The molecule has 1 fully saturated rings. The minimum absolute atomic E-state index is 0.147. The summed E-state index contributed by atoms with van der Waals surface area (Å²) in [5.74, 6) is -0.510. The van der Waals surface area contributed by atoms with Crippen molar-refractivity contribution in [3.8, 4) is 0 Å². The third-order valence-electron chi connectivity index (χ3n) is 3.00. The van der Waals surface area contributed by atoms with Crippen LogP contribution in [0.4, 0.5) is 5.69 Å². The fourth-order valence-corrected chi connectivity index (χ4v) is 1.99. The van der Waals surface area contributed by atoms with Gasteiger partial charge in [-0.2, -0.15) is 0 Å². The molecule has 0 aromatic heterocycles. The highest BCUT2D eigenvalue weighted by molar-refractivity contribution is 6.03. The molecule has 1 saturated heterocycles. The molecule has 1 unspecified atom stereocenters. The maximum atomic E-state index is 11.4. The van der Waals surface area contributed by atoms with E-state index >= 15 is 0 Å². The molecule has 1 aliphatic heterocycles. The monoisotopic (exact) mass is 232 g/mol. The molecule has 4 nitrogen and oxygen atoms in total. The van der Waals surface area contributed by atoms with Crippen LogP contribution in [0.1, 0.15) is 12.0 Å². The van der Waals surface area contributed by atoms with Crippen LogP contribution < -0.4 is 10.2 Å². The summed E-state index contributed by atoms with van der Waals surface area (Å²) in [7, 11) is 3.97. The zero-order valence-corrected chi connectivity index (χ0v) is 10.1. The van der Waals surface area contributed by atoms with Crippen molar-refractivity contribution in [2.24, 2.45) is 5.92 Å². The number of imide groups is 1. The van der Waals surface area contributed by atoms with Gasteiger partial charge < -0.3 is 4.90 Å². The highest BCUT2D eigenvalue weighted by Crippen LogP contribution is 2.19. The number of hydrogen-bond donors (Lipinski definition) is 1. The highest BCUT2D eigenvalue weighted by Gasteiger charge is 2.30. The zero-order valence-electron chi connectivity index (χ0n) is 10.1. The fraction of sp³-hybridized carbons (Fsp3) is 0.385. The lowest BCUT2D eigenvalue weighted by molar-refractivity contribution is -0.125. The van der Waals surface area contributed by atoms with Gasteiger partial charge in [-0.3, -0.25) is 14.9 Å². The number of nitrogens with zero attached hydrogens (tertiary/aromatic N) is 1. The molecule has 1 N–H and O–H groups in total. The molecule has 0 bridgehead atoms.